The Hall–Kier alpha value is -2.33. The van der Waals surface area contributed by atoms with Gasteiger partial charge < -0.3 is 0 Å². The van der Waals surface area contributed by atoms with Gasteiger partial charge in [0, 0.05) is 11.1 Å². The predicted molar refractivity (Wildman–Crippen MR) is 80.1 cm³/mol. The van der Waals surface area contributed by atoms with E-state index in [1.165, 1.54) is 0 Å². The van der Waals surface area contributed by atoms with E-state index in [0.29, 0.717) is 4.90 Å². The molecule has 3 heteroatoms. The van der Waals surface area contributed by atoms with Crippen molar-refractivity contribution < 1.29 is 8.39 Å². The van der Waals surface area contributed by atoms with Gasteiger partial charge in [0.15, 0.2) is 11.1 Å². The first-order valence-electron chi connectivity index (χ1n) is 5.96. The van der Waals surface area contributed by atoms with E-state index < -0.39 is 11.1 Å². The topological polar surface area (TPSA) is 26.3 Å². The van der Waals surface area contributed by atoms with Crippen LogP contribution in [0, 0.1) is 24.2 Å². The Morgan fingerprint density at radius 1 is 1.00 bits per heavy atom. The van der Waals surface area contributed by atoms with Crippen LogP contribution in [0.3, 0.4) is 0 Å². The van der Waals surface area contributed by atoms with Crippen LogP contribution < -0.4 is 0 Å². The molecule has 98 valence electrons. The Morgan fingerprint density at radius 3 is 2.35 bits per heavy atom. The summed E-state index contributed by atoms with van der Waals surface area (Å²) in [7, 11) is 0. The van der Waals surface area contributed by atoms with Gasteiger partial charge in [0.2, 0.25) is 0 Å². The second-order valence-electron chi connectivity index (χ2n) is 3.80. The number of benzene rings is 2. The zero-order chi connectivity index (χ0) is 14.2. The lowest BCUT2D eigenvalue weighted by atomic mass is 10.1. The molecule has 2 aromatic carbocycles. The average molecular weight is 280 g/mol. The molecule has 0 heterocycles. The molecule has 2 rings (SSSR count). The lowest BCUT2D eigenvalue weighted by molar-refractivity contribution is 0.402. The van der Waals surface area contributed by atoms with Crippen molar-refractivity contribution in [3.63, 3.8) is 0 Å². The van der Waals surface area contributed by atoms with Gasteiger partial charge in [-0.15, -0.1) is 6.42 Å². The maximum atomic E-state index is 11.8. The van der Waals surface area contributed by atoms with Crippen molar-refractivity contribution in [2.45, 2.75) is 4.90 Å². The second kappa shape index (κ2) is 7.31. The molecular weight excluding hydrogens is 268 g/mol. The molecule has 1 atom stereocenters. The smallest absolute Gasteiger partial charge is 0.190 e. The summed E-state index contributed by atoms with van der Waals surface area (Å²) >= 11 is -1.49. The van der Waals surface area contributed by atoms with Crippen molar-refractivity contribution >= 4 is 11.1 Å². The first-order valence-corrected chi connectivity index (χ1v) is 7.03. The van der Waals surface area contributed by atoms with Gasteiger partial charge in [0.25, 0.3) is 0 Å². The van der Waals surface area contributed by atoms with Crippen LogP contribution in [0.15, 0.2) is 59.5 Å². The predicted octanol–water partition coefficient (Wildman–Crippen LogP) is 2.76. The highest BCUT2D eigenvalue weighted by Gasteiger charge is 2.01. The van der Waals surface area contributed by atoms with E-state index >= 15 is 0 Å². The summed E-state index contributed by atoms with van der Waals surface area (Å²) in [5.41, 5.74) is 1.51. The monoisotopic (exact) mass is 280 g/mol. The molecule has 0 spiro atoms. The normalized spacial score (nSPS) is 10.9. The minimum Gasteiger partial charge on any atom is -0.274 e. The molecular formula is C17H12O2S. The maximum Gasteiger partial charge on any atom is 0.190 e. The van der Waals surface area contributed by atoms with Gasteiger partial charge in [-0.25, -0.2) is 4.21 Å². The molecule has 0 aromatic heterocycles. The summed E-state index contributed by atoms with van der Waals surface area (Å²) < 4.78 is 16.9. The van der Waals surface area contributed by atoms with E-state index in [1.807, 2.05) is 42.5 Å². The summed E-state index contributed by atoms with van der Waals surface area (Å²) in [4.78, 5) is 0.623. The molecule has 0 saturated carbocycles. The molecule has 0 aliphatic rings. The molecule has 1 unspecified atom stereocenters. The summed E-state index contributed by atoms with van der Waals surface area (Å²) in [6, 6.07) is 16.4. The zero-order valence-electron chi connectivity index (χ0n) is 10.7. The Bertz CT molecular complexity index is 703. The van der Waals surface area contributed by atoms with Crippen LogP contribution >= 0.6 is 0 Å². The molecule has 0 amide bonds. The maximum absolute atomic E-state index is 11.8. The van der Waals surface area contributed by atoms with E-state index in [4.69, 9.17) is 10.6 Å². The molecule has 0 fully saturated rings. The fourth-order valence-electron chi connectivity index (χ4n) is 1.53. The van der Waals surface area contributed by atoms with Crippen LogP contribution in [0.5, 0.6) is 0 Å². The molecule has 0 aliphatic heterocycles. The minimum atomic E-state index is -1.49. The van der Waals surface area contributed by atoms with Crippen molar-refractivity contribution in [2.24, 2.45) is 0 Å². The molecule has 0 radical (unpaired) electrons. The van der Waals surface area contributed by atoms with Crippen molar-refractivity contribution in [3.8, 4) is 24.2 Å². The first-order chi connectivity index (χ1) is 9.81. The van der Waals surface area contributed by atoms with Gasteiger partial charge in [0.05, 0.1) is 4.90 Å². The van der Waals surface area contributed by atoms with E-state index in [2.05, 4.69) is 17.8 Å². The van der Waals surface area contributed by atoms with Crippen LogP contribution in [-0.4, -0.2) is 10.8 Å². The van der Waals surface area contributed by atoms with Gasteiger partial charge in [-0.2, -0.15) is 0 Å². The second-order valence-corrected chi connectivity index (χ2v) is 4.98. The quantitative estimate of drug-likeness (QED) is 0.808. The van der Waals surface area contributed by atoms with Crippen LogP contribution in [0.2, 0.25) is 0 Å². The third-order valence-electron chi connectivity index (χ3n) is 2.48. The van der Waals surface area contributed by atoms with E-state index in [-0.39, 0.29) is 6.61 Å². The van der Waals surface area contributed by atoms with Crippen LogP contribution in [0.4, 0.5) is 0 Å². The van der Waals surface area contributed by atoms with Gasteiger partial charge in [-0.05, 0) is 24.3 Å². The van der Waals surface area contributed by atoms with Crippen LogP contribution in [-0.2, 0) is 15.3 Å². The van der Waals surface area contributed by atoms with E-state index in [0.717, 1.165) is 11.1 Å². The number of hydrogen-bond acceptors (Lipinski definition) is 2. The van der Waals surface area contributed by atoms with Crippen molar-refractivity contribution in [1.82, 2.24) is 0 Å². The molecule has 0 N–H and O–H groups in total. The summed E-state index contributed by atoms with van der Waals surface area (Å²) in [6.45, 7) is 0.0837. The van der Waals surface area contributed by atoms with Gasteiger partial charge in [-0.3, -0.25) is 4.18 Å². The van der Waals surface area contributed by atoms with Crippen molar-refractivity contribution in [2.75, 3.05) is 6.61 Å². The third-order valence-corrected chi connectivity index (χ3v) is 3.47. The minimum absolute atomic E-state index is 0.0837. The molecule has 2 aromatic rings. The number of rotatable bonds is 3. The van der Waals surface area contributed by atoms with Crippen molar-refractivity contribution in [1.29, 1.82) is 0 Å². The Kier molecular flexibility index (Phi) is 5.15. The molecule has 2 nitrogen and oxygen atoms in total. The number of hydrogen-bond donors (Lipinski definition) is 0. The fourth-order valence-corrected chi connectivity index (χ4v) is 2.21. The van der Waals surface area contributed by atoms with Gasteiger partial charge in [0.1, 0.15) is 6.61 Å². The van der Waals surface area contributed by atoms with Crippen molar-refractivity contribution in [3.05, 3.63) is 65.7 Å². The highest BCUT2D eigenvalue weighted by molar-refractivity contribution is 7.80. The Labute approximate surface area is 121 Å². The van der Waals surface area contributed by atoms with Gasteiger partial charge >= 0.3 is 0 Å². The SMILES string of the molecule is C#Cc1ccccc1C#CCOS(=O)c1ccccc1. The van der Waals surface area contributed by atoms with Gasteiger partial charge in [-0.1, -0.05) is 48.1 Å². The lowest BCUT2D eigenvalue weighted by Gasteiger charge is -1.99. The first kappa shape index (κ1) is 14.1. The summed E-state index contributed by atoms with van der Waals surface area (Å²) in [5, 5.41) is 0. The largest absolute Gasteiger partial charge is 0.274 e. The molecule has 0 bridgehead atoms. The average Bonchev–Trinajstić information content (AvgIpc) is 2.52. The highest BCUT2D eigenvalue weighted by Crippen LogP contribution is 2.07. The molecule has 0 aliphatic carbocycles. The van der Waals surface area contributed by atoms with E-state index in [1.54, 1.807) is 12.1 Å². The van der Waals surface area contributed by atoms with Crippen LogP contribution in [0.1, 0.15) is 11.1 Å². The summed E-state index contributed by atoms with van der Waals surface area (Å²) in [5.74, 6) is 8.30. The molecule has 20 heavy (non-hydrogen) atoms. The zero-order valence-corrected chi connectivity index (χ0v) is 11.5. The Morgan fingerprint density at radius 2 is 1.65 bits per heavy atom. The Balaban J connectivity index is 1.96. The number of terminal acetylenes is 1. The lowest BCUT2D eigenvalue weighted by Crippen LogP contribution is -1.98. The van der Waals surface area contributed by atoms with Crippen LogP contribution in [0.25, 0.3) is 0 Å². The summed E-state index contributed by atoms with van der Waals surface area (Å²) in [6.07, 6.45) is 5.38. The standard InChI is InChI=1S/C17H12O2S/c1-2-15-9-6-7-10-16(15)11-8-14-19-20(18)17-12-4-3-5-13-17/h1,3-7,9-10,12-13H,14H2. The highest BCUT2D eigenvalue weighted by atomic mass is 32.2. The third kappa shape index (κ3) is 3.83. The fraction of sp³-hybridized carbons (Fsp3) is 0.0588. The van der Waals surface area contributed by atoms with E-state index in [9.17, 15) is 4.21 Å². The molecule has 0 saturated heterocycles.